The SMILES string of the molecule is Cc1cccc(C(C)C)c1NC(=O)C(C)Sc1nc2ccccc2c(=O)n1C. The number of para-hydroxylation sites is 2. The second-order valence-electron chi connectivity index (χ2n) is 7.22. The number of anilines is 1. The van der Waals surface area contributed by atoms with E-state index in [-0.39, 0.29) is 11.5 Å². The number of rotatable bonds is 5. The minimum Gasteiger partial charge on any atom is -0.325 e. The molecule has 3 aromatic rings. The maximum Gasteiger partial charge on any atom is 0.261 e. The van der Waals surface area contributed by atoms with E-state index in [4.69, 9.17) is 0 Å². The lowest BCUT2D eigenvalue weighted by Crippen LogP contribution is -2.26. The molecule has 1 aromatic heterocycles. The van der Waals surface area contributed by atoms with Crippen LogP contribution in [0.25, 0.3) is 10.9 Å². The highest BCUT2D eigenvalue weighted by molar-refractivity contribution is 8.00. The van der Waals surface area contributed by atoms with Crippen molar-refractivity contribution in [2.45, 2.75) is 44.0 Å². The lowest BCUT2D eigenvalue weighted by atomic mass is 9.98. The van der Waals surface area contributed by atoms with Crippen LogP contribution in [-0.2, 0) is 11.8 Å². The van der Waals surface area contributed by atoms with Gasteiger partial charge in [0.1, 0.15) is 0 Å². The van der Waals surface area contributed by atoms with Gasteiger partial charge in [-0.15, -0.1) is 0 Å². The fraction of sp³-hybridized carbons (Fsp3) is 0.318. The first-order valence-corrected chi connectivity index (χ1v) is 10.2. The van der Waals surface area contributed by atoms with Crippen molar-refractivity contribution in [1.29, 1.82) is 0 Å². The average Bonchev–Trinajstić information content (AvgIpc) is 2.67. The number of carbonyl (C=O) groups excluding carboxylic acids is 1. The zero-order valence-electron chi connectivity index (χ0n) is 16.8. The van der Waals surface area contributed by atoms with Crippen LogP contribution in [0.5, 0.6) is 0 Å². The van der Waals surface area contributed by atoms with Gasteiger partial charge in [0.25, 0.3) is 5.56 Å². The third-order valence-electron chi connectivity index (χ3n) is 4.77. The van der Waals surface area contributed by atoms with E-state index in [0.29, 0.717) is 22.0 Å². The first kappa shape index (κ1) is 20.1. The van der Waals surface area contributed by atoms with E-state index in [1.165, 1.54) is 16.3 Å². The van der Waals surface area contributed by atoms with Crippen LogP contribution in [0.2, 0.25) is 0 Å². The van der Waals surface area contributed by atoms with Gasteiger partial charge in [-0.3, -0.25) is 14.2 Å². The van der Waals surface area contributed by atoms with Crippen LogP contribution in [-0.4, -0.2) is 20.7 Å². The van der Waals surface area contributed by atoms with Gasteiger partial charge in [-0.25, -0.2) is 4.98 Å². The highest BCUT2D eigenvalue weighted by Crippen LogP contribution is 2.29. The van der Waals surface area contributed by atoms with Crippen LogP contribution in [0.4, 0.5) is 5.69 Å². The molecule has 0 radical (unpaired) electrons. The van der Waals surface area contributed by atoms with Crippen molar-refractivity contribution in [2.75, 3.05) is 5.32 Å². The van der Waals surface area contributed by atoms with Gasteiger partial charge in [0.2, 0.25) is 5.91 Å². The zero-order valence-corrected chi connectivity index (χ0v) is 17.6. The van der Waals surface area contributed by atoms with Crippen molar-refractivity contribution in [1.82, 2.24) is 9.55 Å². The zero-order chi connectivity index (χ0) is 20.4. The van der Waals surface area contributed by atoms with Crippen LogP contribution in [0, 0.1) is 6.92 Å². The summed E-state index contributed by atoms with van der Waals surface area (Å²) >= 11 is 1.29. The molecule has 0 aliphatic rings. The third-order valence-corrected chi connectivity index (χ3v) is 5.91. The Morgan fingerprint density at radius 2 is 1.82 bits per heavy atom. The smallest absolute Gasteiger partial charge is 0.261 e. The van der Waals surface area contributed by atoms with Crippen LogP contribution < -0.4 is 10.9 Å². The summed E-state index contributed by atoms with van der Waals surface area (Å²) in [5, 5.41) is 3.78. The van der Waals surface area contributed by atoms with Crippen molar-refractivity contribution in [3.63, 3.8) is 0 Å². The number of benzene rings is 2. The molecule has 3 rings (SSSR count). The van der Waals surface area contributed by atoms with E-state index in [2.05, 4.69) is 24.1 Å². The summed E-state index contributed by atoms with van der Waals surface area (Å²) in [5.41, 5.74) is 3.55. The number of aryl methyl sites for hydroxylation is 1. The van der Waals surface area contributed by atoms with Gasteiger partial charge < -0.3 is 5.32 Å². The van der Waals surface area contributed by atoms with Crippen molar-refractivity contribution in [2.24, 2.45) is 7.05 Å². The molecule has 2 aromatic carbocycles. The molecule has 0 bridgehead atoms. The number of amides is 1. The number of nitrogens with one attached hydrogen (secondary N) is 1. The third kappa shape index (κ3) is 3.97. The van der Waals surface area contributed by atoms with Crippen LogP contribution in [0.1, 0.15) is 37.8 Å². The molecule has 146 valence electrons. The summed E-state index contributed by atoms with van der Waals surface area (Å²) in [6.45, 7) is 8.04. The number of carbonyl (C=O) groups is 1. The first-order chi connectivity index (χ1) is 13.3. The maximum absolute atomic E-state index is 12.9. The minimum atomic E-state index is -0.404. The lowest BCUT2D eigenvalue weighted by Gasteiger charge is -2.19. The number of hydrogen-bond donors (Lipinski definition) is 1. The van der Waals surface area contributed by atoms with E-state index in [1.54, 1.807) is 13.1 Å². The standard InChI is InChI=1S/C22H25N3O2S/c1-13(2)16-11-8-9-14(3)19(16)24-20(26)15(4)28-22-23-18-12-7-6-10-17(18)21(27)25(22)5/h6-13,15H,1-5H3,(H,24,26). The number of fused-ring (bicyclic) bond motifs is 1. The van der Waals surface area contributed by atoms with Crippen molar-refractivity contribution < 1.29 is 4.79 Å². The van der Waals surface area contributed by atoms with Gasteiger partial charge in [0.05, 0.1) is 16.2 Å². The summed E-state index contributed by atoms with van der Waals surface area (Å²) in [5.74, 6) is 0.199. The van der Waals surface area contributed by atoms with E-state index < -0.39 is 5.25 Å². The fourth-order valence-corrected chi connectivity index (χ4v) is 3.96. The Morgan fingerprint density at radius 1 is 1.11 bits per heavy atom. The van der Waals surface area contributed by atoms with Gasteiger partial charge in [-0.05, 0) is 43.0 Å². The highest BCUT2D eigenvalue weighted by atomic mass is 32.2. The fourth-order valence-electron chi connectivity index (χ4n) is 3.08. The molecule has 5 nitrogen and oxygen atoms in total. The molecular weight excluding hydrogens is 370 g/mol. The molecule has 6 heteroatoms. The Kier molecular flexibility index (Phi) is 5.89. The normalized spacial score (nSPS) is 12.4. The molecule has 0 saturated carbocycles. The Balaban J connectivity index is 1.86. The van der Waals surface area contributed by atoms with Gasteiger partial charge in [0.15, 0.2) is 5.16 Å². The lowest BCUT2D eigenvalue weighted by molar-refractivity contribution is -0.115. The van der Waals surface area contributed by atoms with E-state index in [1.807, 2.05) is 50.2 Å². The molecule has 1 atom stereocenters. The molecule has 0 aliphatic heterocycles. The number of hydrogen-bond acceptors (Lipinski definition) is 4. The molecule has 0 spiro atoms. The molecule has 1 amide bonds. The average molecular weight is 396 g/mol. The molecule has 1 heterocycles. The van der Waals surface area contributed by atoms with Gasteiger partial charge in [-0.2, -0.15) is 0 Å². The van der Waals surface area contributed by atoms with Crippen molar-refractivity contribution >= 4 is 34.3 Å². The Morgan fingerprint density at radius 3 is 2.54 bits per heavy atom. The summed E-state index contributed by atoms with van der Waals surface area (Å²) in [7, 11) is 1.69. The van der Waals surface area contributed by atoms with Gasteiger partial charge >= 0.3 is 0 Å². The van der Waals surface area contributed by atoms with Gasteiger partial charge in [-0.1, -0.05) is 55.9 Å². The van der Waals surface area contributed by atoms with E-state index in [0.717, 1.165) is 16.8 Å². The summed E-state index contributed by atoms with van der Waals surface area (Å²) in [6, 6.07) is 13.3. The molecular formula is C22H25N3O2S. The highest BCUT2D eigenvalue weighted by Gasteiger charge is 2.20. The van der Waals surface area contributed by atoms with Crippen molar-refractivity contribution in [3.8, 4) is 0 Å². The monoisotopic (exact) mass is 395 g/mol. The summed E-state index contributed by atoms with van der Waals surface area (Å²) in [6.07, 6.45) is 0. The van der Waals surface area contributed by atoms with Crippen LogP contribution >= 0.6 is 11.8 Å². The second-order valence-corrected chi connectivity index (χ2v) is 8.53. The maximum atomic E-state index is 12.9. The topological polar surface area (TPSA) is 64.0 Å². The molecule has 0 fully saturated rings. The van der Waals surface area contributed by atoms with Gasteiger partial charge in [0, 0.05) is 12.7 Å². The predicted molar refractivity (Wildman–Crippen MR) is 116 cm³/mol. The molecule has 1 N–H and O–H groups in total. The quantitative estimate of drug-likeness (QED) is 0.511. The molecule has 0 aliphatic carbocycles. The van der Waals surface area contributed by atoms with Crippen LogP contribution in [0.15, 0.2) is 52.4 Å². The molecule has 0 saturated heterocycles. The van der Waals surface area contributed by atoms with E-state index >= 15 is 0 Å². The molecule has 28 heavy (non-hydrogen) atoms. The number of nitrogens with zero attached hydrogens (tertiary/aromatic N) is 2. The first-order valence-electron chi connectivity index (χ1n) is 9.32. The Hall–Kier alpha value is -2.60. The summed E-state index contributed by atoms with van der Waals surface area (Å²) in [4.78, 5) is 30.0. The Labute approximate surface area is 169 Å². The minimum absolute atomic E-state index is 0.108. The number of aromatic nitrogens is 2. The van der Waals surface area contributed by atoms with E-state index in [9.17, 15) is 9.59 Å². The second kappa shape index (κ2) is 8.19. The van der Waals surface area contributed by atoms with Crippen molar-refractivity contribution in [3.05, 3.63) is 63.9 Å². The largest absolute Gasteiger partial charge is 0.325 e. The van der Waals surface area contributed by atoms with Crippen LogP contribution in [0.3, 0.4) is 0 Å². The number of thioether (sulfide) groups is 1. The summed E-state index contributed by atoms with van der Waals surface area (Å²) < 4.78 is 1.50. The molecule has 1 unspecified atom stereocenters. The predicted octanol–water partition coefficient (Wildman–Crippen LogP) is 4.48. The Bertz CT molecular complexity index is 1090.